The van der Waals surface area contributed by atoms with Crippen LogP contribution in [0, 0.1) is 18.7 Å². The van der Waals surface area contributed by atoms with Crippen molar-refractivity contribution in [1.82, 2.24) is 20.4 Å². The number of aromatic nitrogens is 2. The second-order valence-electron chi connectivity index (χ2n) is 9.17. The Morgan fingerprint density at radius 3 is 2.59 bits per heavy atom. The lowest BCUT2D eigenvalue weighted by atomic mass is 10.0. The predicted octanol–water partition coefficient (Wildman–Crippen LogP) is 4.10. The summed E-state index contributed by atoms with van der Waals surface area (Å²) < 4.78 is 19.6. The summed E-state index contributed by atoms with van der Waals surface area (Å²) in [6, 6.07) is 13.5. The Morgan fingerprint density at radius 1 is 1.09 bits per heavy atom. The van der Waals surface area contributed by atoms with Gasteiger partial charge in [0.1, 0.15) is 5.82 Å². The minimum atomic E-state index is -0.429. The summed E-state index contributed by atoms with van der Waals surface area (Å²) in [5, 5.41) is 7.14. The van der Waals surface area contributed by atoms with Gasteiger partial charge in [0.15, 0.2) is 0 Å². The van der Waals surface area contributed by atoms with E-state index in [9.17, 15) is 14.0 Å². The standard InChI is InChI=1S/C26H27FN4O3/c1-16-9-10-18(14-21(16)27)24(32)28-22-15-19(26(33)31-11-5-6-12-31)13-20(22)25-29-23(30-34-25)17-7-3-2-4-8-17/h2-4,7-10,14,19-20,22H,5-6,11-13,15H2,1H3,(H,28,32)/t19-,20-,22+/m1/s1. The molecular formula is C26H27FN4O3. The summed E-state index contributed by atoms with van der Waals surface area (Å²) in [5.41, 5.74) is 1.55. The van der Waals surface area contributed by atoms with Gasteiger partial charge in [-0.05, 0) is 50.3 Å². The number of nitrogens with zero attached hydrogens (tertiary/aromatic N) is 3. The van der Waals surface area contributed by atoms with Crippen LogP contribution in [-0.4, -0.2) is 46.0 Å². The summed E-state index contributed by atoms with van der Waals surface area (Å²) in [5.74, 6) is -0.376. The highest BCUT2D eigenvalue weighted by Crippen LogP contribution is 2.40. The van der Waals surface area contributed by atoms with E-state index in [-0.39, 0.29) is 35.3 Å². The van der Waals surface area contributed by atoms with Gasteiger partial charge in [0.25, 0.3) is 5.91 Å². The summed E-state index contributed by atoms with van der Waals surface area (Å²) in [6.07, 6.45) is 3.03. The van der Waals surface area contributed by atoms with E-state index in [1.807, 2.05) is 35.2 Å². The quantitative estimate of drug-likeness (QED) is 0.617. The van der Waals surface area contributed by atoms with Crippen LogP contribution in [-0.2, 0) is 4.79 Å². The molecule has 1 saturated heterocycles. The van der Waals surface area contributed by atoms with Crippen LogP contribution in [0.1, 0.15) is 53.4 Å². The van der Waals surface area contributed by atoms with Gasteiger partial charge in [-0.2, -0.15) is 4.98 Å². The maximum atomic E-state index is 14.0. The summed E-state index contributed by atoms with van der Waals surface area (Å²) in [6.45, 7) is 3.20. The Morgan fingerprint density at radius 2 is 1.85 bits per heavy atom. The van der Waals surface area contributed by atoms with Crippen molar-refractivity contribution in [2.45, 2.75) is 44.6 Å². The highest BCUT2D eigenvalue weighted by Gasteiger charge is 2.44. The summed E-state index contributed by atoms with van der Waals surface area (Å²) >= 11 is 0. The number of aryl methyl sites for hydroxylation is 1. The van der Waals surface area contributed by atoms with Crippen LogP contribution in [0.25, 0.3) is 11.4 Å². The zero-order valence-corrected chi connectivity index (χ0v) is 19.0. The number of carbonyl (C=O) groups excluding carboxylic acids is 2. The van der Waals surface area contributed by atoms with Crippen molar-refractivity contribution in [1.29, 1.82) is 0 Å². The molecule has 176 valence electrons. The molecule has 8 heteroatoms. The maximum absolute atomic E-state index is 14.0. The van der Waals surface area contributed by atoms with E-state index in [2.05, 4.69) is 15.5 Å². The monoisotopic (exact) mass is 462 g/mol. The number of hydrogen-bond donors (Lipinski definition) is 1. The number of likely N-dealkylation sites (tertiary alicyclic amines) is 1. The molecule has 1 N–H and O–H groups in total. The van der Waals surface area contributed by atoms with Crippen LogP contribution in [0.4, 0.5) is 4.39 Å². The van der Waals surface area contributed by atoms with Crippen molar-refractivity contribution >= 4 is 11.8 Å². The first-order valence-corrected chi connectivity index (χ1v) is 11.7. The van der Waals surface area contributed by atoms with E-state index >= 15 is 0 Å². The SMILES string of the molecule is Cc1ccc(C(=O)N[C@H]2C[C@H](C(=O)N3CCCC3)C[C@H]2c2nc(-c3ccccc3)no2)cc1F. The van der Waals surface area contributed by atoms with E-state index in [1.54, 1.807) is 19.1 Å². The molecule has 2 heterocycles. The first kappa shape index (κ1) is 22.3. The van der Waals surface area contributed by atoms with E-state index < -0.39 is 5.82 Å². The third kappa shape index (κ3) is 4.44. The predicted molar refractivity (Wildman–Crippen MR) is 123 cm³/mol. The first-order chi connectivity index (χ1) is 16.5. The molecular weight excluding hydrogens is 435 g/mol. The molecule has 2 aromatic carbocycles. The van der Waals surface area contributed by atoms with Gasteiger partial charge in [-0.3, -0.25) is 9.59 Å². The summed E-state index contributed by atoms with van der Waals surface area (Å²) in [4.78, 5) is 32.6. The Hall–Kier alpha value is -3.55. The molecule has 2 amide bonds. The lowest BCUT2D eigenvalue weighted by Crippen LogP contribution is -2.37. The van der Waals surface area contributed by atoms with Gasteiger partial charge >= 0.3 is 0 Å². The normalized spacial score (nSPS) is 22.2. The van der Waals surface area contributed by atoms with Crippen molar-refractivity contribution in [3.05, 3.63) is 71.4 Å². The topological polar surface area (TPSA) is 88.3 Å². The highest BCUT2D eigenvalue weighted by molar-refractivity contribution is 5.94. The Bertz CT molecular complexity index is 1190. The largest absolute Gasteiger partial charge is 0.348 e. The maximum Gasteiger partial charge on any atom is 0.251 e. The molecule has 0 spiro atoms. The van der Waals surface area contributed by atoms with Crippen LogP contribution < -0.4 is 5.32 Å². The van der Waals surface area contributed by atoms with Gasteiger partial charge in [0.05, 0.1) is 5.92 Å². The Kier molecular flexibility index (Phi) is 6.13. The minimum absolute atomic E-state index is 0.114. The number of amides is 2. The van der Waals surface area contributed by atoms with Crippen molar-refractivity contribution in [2.75, 3.05) is 13.1 Å². The fraction of sp³-hybridized carbons (Fsp3) is 0.385. The number of rotatable bonds is 5. The average Bonchev–Trinajstić information content (AvgIpc) is 3.62. The van der Waals surface area contributed by atoms with Crippen LogP contribution >= 0.6 is 0 Å². The molecule has 2 fully saturated rings. The molecule has 1 saturated carbocycles. The molecule has 0 unspecified atom stereocenters. The molecule has 0 bridgehead atoms. The van der Waals surface area contributed by atoms with Gasteiger partial charge < -0.3 is 14.7 Å². The van der Waals surface area contributed by atoms with Crippen molar-refractivity contribution in [2.24, 2.45) is 5.92 Å². The third-order valence-electron chi connectivity index (χ3n) is 6.87. The van der Waals surface area contributed by atoms with E-state index in [4.69, 9.17) is 4.52 Å². The fourth-order valence-electron chi connectivity index (χ4n) is 4.94. The number of carbonyl (C=O) groups is 2. The summed E-state index contributed by atoms with van der Waals surface area (Å²) in [7, 11) is 0. The molecule has 1 aliphatic carbocycles. The molecule has 2 aliphatic rings. The lowest BCUT2D eigenvalue weighted by molar-refractivity contribution is -0.134. The molecule has 5 rings (SSSR count). The average molecular weight is 463 g/mol. The third-order valence-corrected chi connectivity index (χ3v) is 6.87. The highest BCUT2D eigenvalue weighted by atomic mass is 19.1. The molecule has 3 aromatic rings. The van der Waals surface area contributed by atoms with Crippen molar-refractivity contribution in [3.63, 3.8) is 0 Å². The number of benzene rings is 2. The lowest BCUT2D eigenvalue weighted by Gasteiger charge is -2.20. The van der Waals surface area contributed by atoms with Crippen LogP contribution in [0.5, 0.6) is 0 Å². The molecule has 3 atom stereocenters. The molecule has 7 nitrogen and oxygen atoms in total. The van der Waals surface area contributed by atoms with E-state index in [0.717, 1.165) is 31.5 Å². The molecule has 34 heavy (non-hydrogen) atoms. The zero-order chi connectivity index (χ0) is 23.7. The second kappa shape index (κ2) is 9.37. The van der Waals surface area contributed by atoms with Crippen molar-refractivity contribution in [3.8, 4) is 11.4 Å². The van der Waals surface area contributed by atoms with Gasteiger partial charge in [0.2, 0.25) is 17.6 Å². The second-order valence-corrected chi connectivity index (χ2v) is 9.17. The molecule has 1 aliphatic heterocycles. The van der Waals surface area contributed by atoms with Crippen LogP contribution in [0.2, 0.25) is 0 Å². The van der Waals surface area contributed by atoms with Crippen LogP contribution in [0.15, 0.2) is 53.1 Å². The molecule has 0 radical (unpaired) electrons. The Balaban J connectivity index is 1.39. The number of nitrogens with one attached hydrogen (secondary N) is 1. The Labute approximate surface area is 197 Å². The minimum Gasteiger partial charge on any atom is -0.348 e. The first-order valence-electron chi connectivity index (χ1n) is 11.7. The van der Waals surface area contributed by atoms with E-state index in [0.29, 0.717) is 30.1 Å². The van der Waals surface area contributed by atoms with Crippen LogP contribution in [0.3, 0.4) is 0 Å². The molecule has 1 aromatic heterocycles. The number of hydrogen-bond acceptors (Lipinski definition) is 5. The van der Waals surface area contributed by atoms with Gasteiger partial charge in [0, 0.05) is 36.2 Å². The van der Waals surface area contributed by atoms with Gasteiger partial charge in [-0.1, -0.05) is 41.6 Å². The number of halogens is 1. The fourth-order valence-corrected chi connectivity index (χ4v) is 4.94. The van der Waals surface area contributed by atoms with Gasteiger partial charge in [-0.15, -0.1) is 0 Å². The smallest absolute Gasteiger partial charge is 0.251 e. The van der Waals surface area contributed by atoms with E-state index in [1.165, 1.54) is 6.07 Å². The zero-order valence-electron chi connectivity index (χ0n) is 19.0. The van der Waals surface area contributed by atoms with Gasteiger partial charge in [-0.25, -0.2) is 4.39 Å². The van der Waals surface area contributed by atoms with Crippen molar-refractivity contribution < 1.29 is 18.5 Å².